The van der Waals surface area contributed by atoms with Gasteiger partial charge in [0.1, 0.15) is 22.8 Å². The van der Waals surface area contributed by atoms with Crippen LogP contribution in [0.25, 0.3) is 0 Å². The lowest BCUT2D eigenvalue weighted by atomic mass is 10.1. The number of rotatable bonds is 6. The molecule has 1 fully saturated rings. The molecule has 0 aromatic heterocycles. The van der Waals surface area contributed by atoms with E-state index in [4.69, 9.17) is 9.84 Å². The first-order chi connectivity index (χ1) is 16.5. The zero-order chi connectivity index (χ0) is 25.8. The predicted molar refractivity (Wildman–Crippen MR) is 129 cm³/mol. The Morgan fingerprint density at radius 3 is 2.51 bits per heavy atom. The van der Waals surface area contributed by atoms with Gasteiger partial charge in [0.05, 0.1) is 12.1 Å². The summed E-state index contributed by atoms with van der Waals surface area (Å²) in [5, 5.41) is 13.2. The van der Waals surface area contributed by atoms with Crippen LogP contribution >= 0.6 is 11.8 Å². The molecular weight excluding hydrogens is 477 g/mol. The van der Waals surface area contributed by atoms with Gasteiger partial charge in [-0.05, 0) is 45.0 Å². The molecule has 9 nitrogen and oxygen atoms in total. The monoisotopic (exact) mass is 503 g/mol. The molecule has 0 radical (unpaired) electrons. The number of urea groups is 1. The van der Waals surface area contributed by atoms with Crippen LogP contribution in [0.2, 0.25) is 0 Å². The van der Waals surface area contributed by atoms with Crippen LogP contribution in [0.15, 0.2) is 48.5 Å². The second kappa shape index (κ2) is 10.8. The highest BCUT2D eigenvalue weighted by molar-refractivity contribution is 7.99. The third kappa shape index (κ3) is 6.72. The Hall–Kier alpha value is -3.60. The highest BCUT2D eigenvalue weighted by Gasteiger charge is 2.44. The molecule has 186 valence electrons. The van der Waals surface area contributed by atoms with Crippen LogP contribution in [0.3, 0.4) is 0 Å². The normalized spacial score (nSPS) is 17.5. The number of amides is 3. The zero-order valence-electron chi connectivity index (χ0n) is 19.4. The summed E-state index contributed by atoms with van der Waals surface area (Å²) in [6.45, 7) is 4.64. The fraction of sp³-hybridized carbons (Fsp3) is 0.333. The number of halogens is 1. The third-order valence-electron chi connectivity index (χ3n) is 4.91. The van der Waals surface area contributed by atoms with Gasteiger partial charge in [-0.2, -0.15) is 0 Å². The summed E-state index contributed by atoms with van der Waals surface area (Å²) in [6.07, 6.45) is 0. The van der Waals surface area contributed by atoms with Gasteiger partial charge in [-0.15, -0.1) is 11.8 Å². The van der Waals surface area contributed by atoms with E-state index in [1.807, 2.05) is 0 Å². The lowest BCUT2D eigenvalue weighted by Gasteiger charge is -2.30. The maximum atomic E-state index is 14.5. The highest BCUT2D eigenvalue weighted by Crippen LogP contribution is 2.42. The number of hydrogen-bond acceptors (Lipinski definition) is 6. The molecule has 1 saturated heterocycles. The predicted octanol–water partition coefficient (Wildman–Crippen LogP) is 3.63. The third-order valence-corrected chi connectivity index (χ3v) is 6.21. The second-order valence-corrected chi connectivity index (χ2v) is 9.86. The van der Waals surface area contributed by atoms with Crippen molar-refractivity contribution in [2.45, 2.75) is 37.8 Å². The number of carbonyl (C=O) groups is 4. The number of carboxylic acid groups (broad SMARTS) is 1. The van der Waals surface area contributed by atoms with Crippen molar-refractivity contribution < 1.29 is 33.4 Å². The summed E-state index contributed by atoms with van der Waals surface area (Å²) in [6, 6.07) is 9.88. The highest BCUT2D eigenvalue weighted by atomic mass is 32.2. The molecule has 3 amide bonds. The Morgan fingerprint density at radius 1 is 1.14 bits per heavy atom. The quantitative estimate of drug-likeness (QED) is 0.514. The zero-order valence-corrected chi connectivity index (χ0v) is 20.2. The smallest absolute Gasteiger partial charge is 0.335 e. The Kier molecular flexibility index (Phi) is 8.00. The molecule has 35 heavy (non-hydrogen) atoms. The minimum atomic E-state index is -1.15. The van der Waals surface area contributed by atoms with Crippen LogP contribution in [0, 0.1) is 5.82 Å². The Morgan fingerprint density at radius 2 is 1.86 bits per heavy atom. The summed E-state index contributed by atoms with van der Waals surface area (Å²) < 4.78 is 20.0. The average Bonchev–Trinajstić information content (AvgIpc) is 3.22. The van der Waals surface area contributed by atoms with Gasteiger partial charge >= 0.3 is 18.0 Å². The van der Waals surface area contributed by atoms with Gasteiger partial charge in [-0.1, -0.05) is 24.3 Å². The second-order valence-electron chi connectivity index (χ2n) is 8.75. The molecule has 2 aromatic rings. The van der Waals surface area contributed by atoms with Crippen LogP contribution in [0.4, 0.5) is 14.9 Å². The van der Waals surface area contributed by atoms with Crippen LogP contribution in [0.5, 0.6) is 0 Å². The van der Waals surface area contributed by atoms with Crippen LogP contribution in [0.1, 0.15) is 42.1 Å². The number of benzene rings is 2. The fourth-order valence-electron chi connectivity index (χ4n) is 3.43. The van der Waals surface area contributed by atoms with Crippen molar-refractivity contribution in [1.82, 2.24) is 10.2 Å². The fourth-order valence-corrected chi connectivity index (χ4v) is 4.89. The number of anilines is 1. The topological polar surface area (TPSA) is 125 Å². The van der Waals surface area contributed by atoms with Gasteiger partial charge in [0.15, 0.2) is 0 Å². The number of thioether (sulfide) groups is 1. The van der Waals surface area contributed by atoms with Crippen molar-refractivity contribution in [1.29, 1.82) is 0 Å². The molecule has 0 aliphatic carbocycles. The number of nitrogens with one attached hydrogen (secondary N) is 2. The van der Waals surface area contributed by atoms with E-state index in [1.165, 1.54) is 53.1 Å². The van der Waals surface area contributed by atoms with Crippen molar-refractivity contribution in [3.63, 3.8) is 0 Å². The number of hydrogen-bond donors (Lipinski definition) is 3. The molecule has 1 heterocycles. The Balaban J connectivity index is 1.74. The maximum absolute atomic E-state index is 14.5. The van der Waals surface area contributed by atoms with Gasteiger partial charge in [-0.3, -0.25) is 4.79 Å². The lowest BCUT2D eigenvalue weighted by molar-refractivity contribution is -0.163. The summed E-state index contributed by atoms with van der Waals surface area (Å²) in [7, 11) is 0. The van der Waals surface area contributed by atoms with E-state index in [9.17, 15) is 23.6 Å². The number of carboxylic acids is 1. The van der Waals surface area contributed by atoms with Crippen molar-refractivity contribution in [2.75, 3.05) is 17.6 Å². The van der Waals surface area contributed by atoms with E-state index in [0.717, 1.165) is 0 Å². The number of esters is 1. The number of aromatic carboxylic acids is 1. The van der Waals surface area contributed by atoms with Crippen molar-refractivity contribution >= 4 is 41.3 Å². The first-order valence-electron chi connectivity index (χ1n) is 10.7. The molecule has 0 unspecified atom stereocenters. The van der Waals surface area contributed by atoms with Crippen LogP contribution < -0.4 is 10.6 Å². The summed E-state index contributed by atoms with van der Waals surface area (Å²) in [5.74, 6) is -2.69. The van der Waals surface area contributed by atoms with Crippen molar-refractivity contribution in [3.05, 3.63) is 65.5 Å². The molecule has 0 spiro atoms. The minimum absolute atomic E-state index is 0.0131. The maximum Gasteiger partial charge on any atom is 0.335 e. The van der Waals surface area contributed by atoms with E-state index in [1.54, 1.807) is 32.9 Å². The van der Waals surface area contributed by atoms with Gasteiger partial charge in [0, 0.05) is 17.0 Å². The summed E-state index contributed by atoms with van der Waals surface area (Å²) in [5.41, 5.74) is -0.329. The molecule has 11 heteroatoms. The molecule has 2 atom stereocenters. The molecular formula is C24H26FN3O6S. The van der Waals surface area contributed by atoms with Crippen LogP contribution in [-0.4, -0.2) is 57.8 Å². The molecule has 2 aromatic carbocycles. The number of ether oxygens (including phenoxy) is 1. The standard InChI is InChI=1S/C24H26FN3O6S/c1-24(2,3)34-22(32)18-13-35-20(16-9-4-5-10-17(16)25)28(18)19(29)12-26-23(33)27-15-8-6-7-14(11-15)21(30)31/h4-11,18,20H,12-13H2,1-3H3,(H,30,31)(H2,26,27,33)/t18-,20+/m0/s1. The Bertz CT molecular complexity index is 1140. The van der Waals surface area contributed by atoms with Gasteiger partial charge < -0.3 is 25.4 Å². The lowest BCUT2D eigenvalue weighted by Crippen LogP contribution is -2.49. The molecule has 0 saturated carbocycles. The molecule has 0 bridgehead atoms. The van der Waals surface area contributed by atoms with Crippen molar-refractivity contribution in [2.24, 2.45) is 0 Å². The van der Waals surface area contributed by atoms with Gasteiger partial charge in [0.2, 0.25) is 5.91 Å². The Labute approximate surface area is 206 Å². The first-order valence-corrected chi connectivity index (χ1v) is 11.8. The van der Waals surface area contributed by atoms with Gasteiger partial charge in [0.25, 0.3) is 0 Å². The summed E-state index contributed by atoms with van der Waals surface area (Å²) >= 11 is 1.23. The van der Waals surface area contributed by atoms with Crippen LogP contribution in [-0.2, 0) is 14.3 Å². The van der Waals surface area contributed by atoms with Gasteiger partial charge in [-0.25, -0.2) is 18.8 Å². The SMILES string of the molecule is CC(C)(C)OC(=O)[C@@H]1CS[C@H](c2ccccc2F)N1C(=O)CNC(=O)Nc1cccc(C(=O)O)c1. The number of carbonyl (C=O) groups excluding carboxylic acids is 3. The molecule has 3 rings (SSSR count). The van der Waals surface area contributed by atoms with E-state index >= 15 is 0 Å². The van der Waals surface area contributed by atoms with E-state index in [-0.39, 0.29) is 22.6 Å². The summed E-state index contributed by atoms with van der Waals surface area (Å²) in [4.78, 5) is 50.7. The first kappa shape index (κ1) is 26.0. The number of nitrogens with zero attached hydrogens (tertiary/aromatic N) is 1. The average molecular weight is 504 g/mol. The molecule has 1 aliphatic heterocycles. The van der Waals surface area contributed by atoms with E-state index in [0.29, 0.717) is 0 Å². The van der Waals surface area contributed by atoms with E-state index in [2.05, 4.69) is 10.6 Å². The van der Waals surface area contributed by atoms with E-state index < -0.39 is 53.3 Å². The largest absolute Gasteiger partial charge is 0.478 e. The molecule has 3 N–H and O–H groups in total. The van der Waals surface area contributed by atoms with Crippen molar-refractivity contribution in [3.8, 4) is 0 Å². The molecule has 1 aliphatic rings. The minimum Gasteiger partial charge on any atom is -0.478 e.